The van der Waals surface area contributed by atoms with Crippen LogP contribution in [-0.4, -0.2) is 34.1 Å². The maximum atomic E-state index is 13.4. The predicted molar refractivity (Wildman–Crippen MR) is 147 cm³/mol. The van der Waals surface area contributed by atoms with Crippen LogP contribution in [-0.2, 0) is 22.4 Å². The van der Waals surface area contributed by atoms with Crippen LogP contribution < -0.4 is 16.2 Å². The fraction of sp³-hybridized carbons (Fsp3) is 0.214. The maximum Gasteiger partial charge on any atom is 0.411 e. The highest BCUT2D eigenvalue weighted by molar-refractivity contribution is 6.31. The number of carbonyl (C=O) groups excluding carboxylic acids is 2. The maximum absolute atomic E-state index is 13.4. The Morgan fingerprint density at radius 3 is 2.68 bits per heavy atom. The van der Waals surface area contributed by atoms with E-state index in [1.807, 2.05) is 25.1 Å². The van der Waals surface area contributed by atoms with Gasteiger partial charge in [-0.05, 0) is 61.2 Å². The van der Waals surface area contributed by atoms with Gasteiger partial charge in [-0.25, -0.2) is 9.78 Å². The van der Waals surface area contributed by atoms with Crippen LogP contribution in [0.2, 0.25) is 5.02 Å². The van der Waals surface area contributed by atoms with Crippen molar-refractivity contribution in [2.75, 3.05) is 17.7 Å². The van der Waals surface area contributed by atoms with E-state index < -0.39 is 6.09 Å². The number of hydrogen-bond donors (Lipinski definition) is 3. The fourth-order valence-electron chi connectivity index (χ4n) is 4.92. The summed E-state index contributed by atoms with van der Waals surface area (Å²) in [6.45, 7) is 2.05. The lowest BCUT2D eigenvalue weighted by Crippen LogP contribution is -2.24. The second-order valence-electron chi connectivity index (χ2n) is 8.95. The first-order valence-corrected chi connectivity index (χ1v) is 12.6. The lowest BCUT2D eigenvalue weighted by molar-refractivity contribution is -0.105. The predicted octanol–water partition coefficient (Wildman–Crippen LogP) is 5.40. The molecule has 2 amide bonds. The Morgan fingerprint density at radius 2 is 1.97 bits per heavy atom. The van der Waals surface area contributed by atoms with E-state index in [1.54, 1.807) is 41.0 Å². The van der Waals surface area contributed by atoms with Crippen molar-refractivity contribution in [3.8, 4) is 22.4 Å². The Kier molecular flexibility index (Phi) is 7.02. The number of nitrogens with one attached hydrogen (secondary N) is 3. The van der Waals surface area contributed by atoms with Gasteiger partial charge >= 0.3 is 6.09 Å². The summed E-state index contributed by atoms with van der Waals surface area (Å²) in [5.41, 5.74) is 6.01. The van der Waals surface area contributed by atoms with Crippen LogP contribution in [0.15, 0.2) is 59.4 Å². The molecule has 38 heavy (non-hydrogen) atoms. The van der Waals surface area contributed by atoms with E-state index >= 15 is 0 Å². The van der Waals surface area contributed by atoms with Crippen LogP contribution in [0.5, 0.6) is 0 Å². The molecule has 1 atom stereocenters. The molecule has 0 bridgehead atoms. The van der Waals surface area contributed by atoms with Gasteiger partial charge in [0.1, 0.15) is 5.82 Å². The number of imidazole rings is 1. The lowest BCUT2D eigenvalue weighted by Gasteiger charge is -2.15. The molecule has 0 saturated carbocycles. The molecule has 0 aliphatic carbocycles. The van der Waals surface area contributed by atoms with Crippen molar-refractivity contribution in [2.45, 2.75) is 32.2 Å². The van der Waals surface area contributed by atoms with Crippen LogP contribution in [0.3, 0.4) is 0 Å². The first kappa shape index (κ1) is 25.3. The number of benzene rings is 2. The van der Waals surface area contributed by atoms with E-state index in [0.29, 0.717) is 40.4 Å². The minimum absolute atomic E-state index is 0.147. The molecule has 0 spiro atoms. The third-order valence-electron chi connectivity index (χ3n) is 6.70. The van der Waals surface area contributed by atoms with Gasteiger partial charge in [0, 0.05) is 45.0 Å². The number of methoxy groups -OCH3 is 1. The average molecular weight is 532 g/mol. The Balaban J connectivity index is 1.48. The van der Waals surface area contributed by atoms with Crippen molar-refractivity contribution in [3.63, 3.8) is 0 Å². The van der Waals surface area contributed by atoms with E-state index in [0.717, 1.165) is 41.3 Å². The monoisotopic (exact) mass is 531 g/mol. The highest BCUT2D eigenvalue weighted by Gasteiger charge is 2.29. The van der Waals surface area contributed by atoms with E-state index in [9.17, 15) is 14.4 Å². The van der Waals surface area contributed by atoms with Crippen LogP contribution in [0.4, 0.5) is 16.2 Å². The third kappa shape index (κ3) is 4.80. The second-order valence-corrected chi connectivity index (χ2v) is 9.38. The number of halogens is 1. The molecule has 0 fully saturated rings. The van der Waals surface area contributed by atoms with Crippen molar-refractivity contribution in [1.82, 2.24) is 14.5 Å². The summed E-state index contributed by atoms with van der Waals surface area (Å²) in [4.78, 5) is 44.3. The van der Waals surface area contributed by atoms with Gasteiger partial charge in [0.25, 0.3) is 5.56 Å². The Hall–Kier alpha value is -4.37. The molecular formula is C28H26ClN5O4. The van der Waals surface area contributed by atoms with Gasteiger partial charge in [-0.3, -0.25) is 14.9 Å². The zero-order valence-electron chi connectivity index (χ0n) is 20.9. The lowest BCUT2D eigenvalue weighted by atomic mass is 10.0. The molecule has 2 aromatic carbocycles. The van der Waals surface area contributed by atoms with Gasteiger partial charge in [-0.15, -0.1) is 0 Å². The summed E-state index contributed by atoms with van der Waals surface area (Å²) in [6, 6.07) is 15.8. The number of pyridine rings is 1. The molecule has 5 rings (SSSR count). The number of anilines is 2. The van der Waals surface area contributed by atoms with E-state index in [4.69, 9.17) is 16.6 Å². The number of aromatic nitrogens is 3. The first-order chi connectivity index (χ1) is 18.4. The number of aromatic amines is 1. The molecule has 0 radical (unpaired) electrons. The number of carbonyl (C=O) groups is 2. The van der Waals surface area contributed by atoms with Crippen LogP contribution in [0, 0.1) is 0 Å². The van der Waals surface area contributed by atoms with Gasteiger partial charge in [0.05, 0.1) is 18.8 Å². The number of hydrogen-bond acceptors (Lipinski definition) is 5. The number of ether oxygens (including phenoxy) is 1. The topological polar surface area (TPSA) is 118 Å². The minimum Gasteiger partial charge on any atom is -0.453 e. The number of amides is 2. The Bertz CT molecular complexity index is 1580. The zero-order valence-corrected chi connectivity index (χ0v) is 21.6. The number of H-pyrrole nitrogens is 1. The molecule has 1 aliphatic heterocycles. The average Bonchev–Trinajstić information content (AvgIpc) is 3.55. The number of aryl methyl sites for hydroxylation is 2. The summed E-state index contributed by atoms with van der Waals surface area (Å²) in [5, 5.41) is 5.83. The molecular weight excluding hydrogens is 506 g/mol. The summed E-state index contributed by atoms with van der Waals surface area (Å²) in [5.74, 6) is 0.730. The minimum atomic E-state index is -0.533. The van der Waals surface area contributed by atoms with Crippen molar-refractivity contribution >= 4 is 35.5 Å². The first-order valence-electron chi connectivity index (χ1n) is 12.2. The summed E-state index contributed by atoms with van der Waals surface area (Å²) in [6.07, 6.45) is 2.24. The van der Waals surface area contributed by atoms with E-state index in [2.05, 4.69) is 20.4 Å². The van der Waals surface area contributed by atoms with Crippen molar-refractivity contribution < 1.29 is 14.3 Å². The SMILES string of the molecule is CCc1[nH]c(C2CCc3cc(-c4cc(Cl)ccc4NC=O)cc(=O)n32)nc1-c1ccc(NC(=O)OC)cc1. The van der Waals surface area contributed by atoms with Crippen LogP contribution in [0.1, 0.15) is 36.6 Å². The standard InChI is InChI=1S/C28H26ClN5O4/c1-3-22-26(16-4-7-19(8-5-16)31-28(37)38-2)33-27(32-22)24-11-9-20-12-17(13-25(36)34(20)24)21-14-18(29)6-10-23(21)30-15-35/h4-8,10,12-15,24H,3,9,11H2,1-2H3,(H,30,35)(H,31,37)(H,32,33). The van der Waals surface area contributed by atoms with Gasteiger partial charge in [0.15, 0.2) is 0 Å². The smallest absolute Gasteiger partial charge is 0.411 e. The molecule has 3 N–H and O–H groups in total. The third-order valence-corrected chi connectivity index (χ3v) is 6.93. The second kappa shape index (κ2) is 10.5. The Morgan fingerprint density at radius 1 is 1.18 bits per heavy atom. The van der Waals surface area contributed by atoms with Crippen LogP contribution in [0.25, 0.3) is 22.4 Å². The quantitative estimate of drug-likeness (QED) is 0.276. The zero-order chi connectivity index (χ0) is 26.8. The van der Waals surface area contributed by atoms with Gasteiger partial charge in [-0.1, -0.05) is 30.7 Å². The largest absolute Gasteiger partial charge is 0.453 e. The molecule has 2 aromatic heterocycles. The van der Waals surface area contributed by atoms with Gasteiger partial charge in [-0.2, -0.15) is 0 Å². The summed E-state index contributed by atoms with van der Waals surface area (Å²) >= 11 is 6.21. The molecule has 9 nitrogen and oxygen atoms in total. The van der Waals surface area contributed by atoms with Crippen LogP contribution >= 0.6 is 11.6 Å². The van der Waals surface area contributed by atoms with Crippen molar-refractivity contribution in [3.05, 3.63) is 87.2 Å². The normalized spacial score (nSPS) is 14.1. The fourth-order valence-corrected chi connectivity index (χ4v) is 5.09. The van der Waals surface area contributed by atoms with E-state index in [1.165, 1.54) is 7.11 Å². The molecule has 1 aliphatic rings. The molecule has 10 heteroatoms. The van der Waals surface area contributed by atoms with Crippen molar-refractivity contribution in [1.29, 1.82) is 0 Å². The summed E-state index contributed by atoms with van der Waals surface area (Å²) in [7, 11) is 1.31. The molecule has 4 aromatic rings. The number of rotatable bonds is 7. The number of fused-ring (bicyclic) bond motifs is 1. The van der Waals surface area contributed by atoms with Gasteiger partial charge in [0.2, 0.25) is 6.41 Å². The molecule has 194 valence electrons. The molecule has 3 heterocycles. The molecule has 0 saturated heterocycles. The number of nitrogens with zero attached hydrogens (tertiary/aromatic N) is 2. The molecule has 1 unspecified atom stereocenters. The van der Waals surface area contributed by atoms with Crippen molar-refractivity contribution in [2.24, 2.45) is 0 Å². The Labute approximate surface area is 223 Å². The highest BCUT2D eigenvalue weighted by atomic mass is 35.5. The van der Waals surface area contributed by atoms with E-state index in [-0.39, 0.29) is 11.6 Å². The van der Waals surface area contributed by atoms with Gasteiger partial charge < -0.3 is 19.6 Å². The highest BCUT2D eigenvalue weighted by Crippen LogP contribution is 2.35. The summed E-state index contributed by atoms with van der Waals surface area (Å²) < 4.78 is 6.42.